The Morgan fingerprint density at radius 3 is 2.55 bits per heavy atom. The highest BCUT2D eigenvalue weighted by Crippen LogP contribution is 2.25. The largest absolute Gasteiger partial charge is 0.393 e. The summed E-state index contributed by atoms with van der Waals surface area (Å²) in [5.74, 6) is 0.354. The van der Waals surface area contributed by atoms with Gasteiger partial charge in [-0.05, 0) is 31.4 Å². The molecule has 0 amide bonds. The second-order valence-corrected chi connectivity index (χ2v) is 5.73. The molecular formula is C15H22N2O3. The van der Waals surface area contributed by atoms with Crippen LogP contribution in [0.4, 0.5) is 5.69 Å². The molecule has 0 spiro atoms. The molecule has 110 valence electrons. The fourth-order valence-electron chi connectivity index (χ4n) is 2.90. The first kappa shape index (κ1) is 14.9. The minimum Gasteiger partial charge on any atom is -0.393 e. The molecule has 2 rings (SSSR count). The van der Waals surface area contributed by atoms with Crippen LogP contribution in [0.3, 0.4) is 0 Å². The van der Waals surface area contributed by atoms with Gasteiger partial charge in [-0.3, -0.25) is 10.1 Å². The van der Waals surface area contributed by atoms with Crippen molar-refractivity contribution in [2.45, 2.75) is 38.3 Å². The van der Waals surface area contributed by atoms with E-state index in [0.717, 1.165) is 37.9 Å². The predicted molar refractivity (Wildman–Crippen MR) is 77.4 cm³/mol. The van der Waals surface area contributed by atoms with E-state index in [1.807, 2.05) is 7.05 Å². The van der Waals surface area contributed by atoms with E-state index in [2.05, 4.69) is 4.90 Å². The Hall–Kier alpha value is -1.46. The number of nitro benzene ring substituents is 1. The molecule has 1 fully saturated rings. The zero-order chi connectivity index (χ0) is 14.5. The van der Waals surface area contributed by atoms with Gasteiger partial charge in [0.05, 0.1) is 11.0 Å². The van der Waals surface area contributed by atoms with Crippen LogP contribution in [0, 0.1) is 16.0 Å². The standard InChI is InChI=1S/C15H22N2O3/c1-16(11-13-4-2-3-5-15(13)18)10-12-6-8-14(9-7-12)17(19)20/h6-9,13,15,18H,2-5,10-11H2,1H3. The summed E-state index contributed by atoms with van der Waals surface area (Å²) in [5, 5.41) is 20.6. The molecule has 1 aromatic rings. The van der Waals surface area contributed by atoms with Crippen LogP contribution in [0.5, 0.6) is 0 Å². The van der Waals surface area contributed by atoms with Crippen LogP contribution in [-0.4, -0.2) is 34.6 Å². The molecule has 1 aliphatic rings. The van der Waals surface area contributed by atoms with Crippen LogP contribution in [0.1, 0.15) is 31.2 Å². The molecular weight excluding hydrogens is 256 g/mol. The van der Waals surface area contributed by atoms with Crippen molar-refractivity contribution < 1.29 is 10.0 Å². The lowest BCUT2D eigenvalue weighted by atomic mass is 9.86. The highest BCUT2D eigenvalue weighted by atomic mass is 16.6. The van der Waals surface area contributed by atoms with Gasteiger partial charge < -0.3 is 10.0 Å². The average Bonchev–Trinajstić information content (AvgIpc) is 2.42. The van der Waals surface area contributed by atoms with Crippen molar-refractivity contribution in [2.75, 3.05) is 13.6 Å². The van der Waals surface area contributed by atoms with Crippen LogP contribution in [0.25, 0.3) is 0 Å². The van der Waals surface area contributed by atoms with Gasteiger partial charge in [-0.25, -0.2) is 0 Å². The lowest BCUT2D eigenvalue weighted by Gasteiger charge is -2.31. The van der Waals surface area contributed by atoms with E-state index < -0.39 is 0 Å². The van der Waals surface area contributed by atoms with Gasteiger partial charge in [-0.1, -0.05) is 25.0 Å². The van der Waals surface area contributed by atoms with E-state index >= 15 is 0 Å². The topological polar surface area (TPSA) is 66.6 Å². The summed E-state index contributed by atoms with van der Waals surface area (Å²) in [7, 11) is 2.03. The third-order valence-electron chi connectivity index (χ3n) is 4.01. The summed E-state index contributed by atoms with van der Waals surface area (Å²) in [5.41, 5.74) is 1.18. The van der Waals surface area contributed by atoms with Gasteiger partial charge in [0.15, 0.2) is 0 Å². The second-order valence-electron chi connectivity index (χ2n) is 5.73. The molecule has 0 aromatic heterocycles. The number of hydrogen-bond donors (Lipinski definition) is 1. The number of aliphatic hydroxyl groups excluding tert-OH is 1. The van der Waals surface area contributed by atoms with Crippen LogP contribution in [0.15, 0.2) is 24.3 Å². The number of benzene rings is 1. The summed E-state index contributed by atoms with van der Waals surface area (Å²) in [6.07, 6.45) is 4.15. The monoisotopic (exact) mass is 278 g/mol. The smallest absolute Gasteiger partial charge is 0.269 e. The summed E-state index contributed by atoms with van der Waals surface area (Å²) >= 11 is 0. The van der Waals surface area contributed by atoms with Gasteiger partial charge in [0, 0.05) is 25.2 Å². The molecule has 5 heteroatoms. The maximum Gasteiger partial charge on any atom is 0.269 e. The van der Waals surface area contributed by atoms with Crippen LogP contribution < -0.4 is 0 Å². The number of aliphatic hydroxyl groups is 1. The van der Waals surface area contributed by atoms with Crippen molar-refractivity contribution in [3.05, 3.63) is 39.9 Å². The number of nitrogens with zero attached hydrogens (tertiary/aromatic N) is 2. The Balaban J connectivity index is 1.87. The van der Waals surface area contributed by atoms with Crippen molar-refractivity contribution in [2.24, 2.45) is 5.92 Å². The molecule has 1 N–H and O–H groups in total. The summed E-state index contributed by atoms with van der Waals surface area (Å²) in [4.78, 5) is 12.4. The first-order valence-corrected chi connectivity index (χ1v) is 7.16. The van der Waals surface area contributed by atoms with E-state index in [0.29, 0.717) is 5.92 Å². The number of non-ortho nitro benzene ring substituents is 1. The van der Waals surface area contributed by atoms with E-state index in [4.69, 9.17) is 0 Å². The minimum atomic E-state index is -0.383. The molecule has 2 atom stereocenters. The molecule has 0 saturated heterocycles. The Bertz CT molecular complexity index is 447. The molecule has 2 unspecified atom stereocenters. The maximum absolute atomic E-state index is 10.6. The van der Waals surface area contributed by atoms with E-state index in [1.54, 1.807) is 24.3 Å². The molecule has 1 saturated carbocycles. The number of hydrogen-bond acceptors (Lipinski definition) is 4. The fourth-order valence-corrected chi connectivity index (χ4v) is 2.90. The first-order chi connectivity index (χ1) is 9.56. The first-order valence-electron chi connectivity index (χ1n) is 7.16. The van der Waals surface area contributed by atoms with Crippen LogP contribution in [0.2, 0.25) is 0 Å². The van der Waals surface area contributed by atoms with E-state index in [1.165, 1.54) is 6.42 Å². The van der Waals surface area contributed by atoms with Crippen LogP contribution >= 0.6 is 0 Å². The Labute approximate surface area is 119 Å². The van der Waals surface area contributed by atoms with E-state index in [9.17, 15) is 15.2 Å². The van der Waals surface area contributed by atoms with Gasteiger partial charge in [0.25, 0.3) is 5.69 Å². The van der Waals surface area contributed by atoms with Gasteiger partial charge in [0.2, 0.25) is 0 Å². The van der Waals surface area contributed by atoms with Crippen molar-refractivity contribution in [1.29, 1.82) is 0 Å². The summed E-state index contributed by atoms with van der Waals surface area (Å²) < 4.78 is 0. The minimum absolute atomic E-state index is 0.124. The van der Waals surface area contributed by atoms with Gasteiger partial charge in [0.1, 0.15) is 0 Å². The summed E-state index contributed by atoms with van der Waals surface area (Å²) in [6, 6.07) is 6.68. The zero-order valence-corrected chi connectivity index (χ0v) is 11.9. The van der Waals surface area contributed by atoms with Crippen molar-refractivity contribution in [3.63, 3.8) is 0 Å². The molecule has 0 heterocycles. The number of nitro groups is 1. The Kier molecular flexibility index (Phi) is 5.09. The molecule has 0 aliphatic heterocycles. The number of rotatable bonds is 5. The van der Waals surface area contributed by atoms with Crippen molar-refractivity contribution in [3.8, 4) is 0 Å². The van der Waals surface area contributed by atoms with Gasteiger partial charge in [-0.2, -0.15) is 0 Å². The normalized spacial score (nSPS) is 22.9. The fraction of sp³-hybridized carbons (Fsp3) is 0.600. The maximum atomic E-state index is 10.6. The summed E-state index contributed by atoms with van der Waals surface area (Å²) in [6.45, 7) is 1.62. The second kappa shape index (κ2) is 6.81. The van der Waals surface area contributed by atoms with E-state index in [-0.39, 0.29) is 16.7 Å². The zero-order valence-electron chi connectivity index (χ0n) is 11.9. The van der Waals surface area contributed by atoms with Crippen LogP contribution in [-0.2, 0) is 6.54 Å². The van der Waals surface area contributed by atoms with Crippen molar-refractivity contribution >= 4 is 5.69 Å². The SMILES string of the molecule is CN(Cc1ccc([N+](=O)[O-])cc1)CC1CCCCC1O. The average molecular weight is 278 g/mol. The lowest BCUT2D eigenvalue weighted by Crippen LogP contribution is -2.34. The molecule has 5 nitrogen and oxygen atoms in total. The highest BCUT2D eigenvalue weighted by Gasteiger charge is 2.24. The Morgan fingerprint density at radius 1 is 1.30 bits per heavy atom. The molecule has 20 heavy (non-hydrogen) atoms. The third kappa shape index (κ3) is 4.02. The molecule has 1 aliphatic carbocycles. The predicted octanol–water partition coefficient (Wildman–Crippen LogP) is 2.58. The molecule has 1 aromatic carbocycles. The quantitative estimate of drug-likeness (QED) is 0.664. The lowest BCUT2D eigenvalue weighted by molar-refractivity contribution is -0.384. The molecule has 0 bridgehead atoms. The van der Waals surface area contributed by atoms with Gasteiger partial charge in [-0.15, -0.1) is 0 Å². The van der Waals surface area contributed by atoms with Crippen molar-refractivity contribution in [1.82, 2.24) is 4.90 Å². The third-order valence-corrected chi connectivity index (χ3v) is 4.01. The Morgan fingerprint density at radius 2 is 1.95 bits per heavy atom. The highest BCUT2D eigenvalue weighted by molar-refractivity contribution is 5.32. The van der Waals surface area contributed by atoms with Gasteiger partial charge >= 0.3 is 0 Å². The molecule has 0 radical (unpaired) electrons.